The van der Waals surface area contributed by atoms with E-state index in [4.69, 9.17) is 10.5 Å². The lowest BCUT2D eigenvalue weighted by molar-refractivity contribution is 0.0983. The zero-order valence-electron chi connectivity index (χ0n) is 9.93. The van der Waals surface area contributed by atoms with Crippen molar-refractivity contribution < 1.29 is 13.2 Å². The summed E-state index contributed by atoms with van der Waals surface area (Å²) in [5, 5.41) is -0.286. The van der Waals surface area contributed by atoms with Crippen molar-refractivity contribution in [2.45, 2.75) is 23.8 Å². The molecule has 18 heavy (non-hydrogen) atoms. The molecule has 0 aromatic heterocycles. The topological polar surface area (TPSA) is 69.4 Å². The number of rotatable bonds is 3. The van der Waals surface area contributed by atoms with Crippen LogP contribution in [0.2, 0.25) is 0 Å². The molecule has 0 unspecified atom stereocenters. The summed E-state index contributed by atoms with van der Waals surface area (Å²) in [6, 6.07) is 5.26. The zero-order chi connectivity index (χ0) is 13.2. The Hall–Kier alpha value is -0.590. The maximum Gasteiger partial charge on any atom is 0.157 e. The fraction of sp³-hybridized carbons (Fsp3) is 0.500. The van der Waals surface area contributed by atoms with Crippen LogP contribution in [0.3, 0.4) is 0 Å². The monoisotopic (exact) mass is 333 g/mol. The van der Waals surface area contributed by atoms with E-state index in [0.29, 0.717) is 31.7 Å². The summed E-state index contributed by atoms with van der Waals surface area (Å²) in [5.41, 5.74) is 7.01. The number of nitrogens with two attached hydrogens (primary N) is 1. The highest BCUT2D eigenvalue weighted by Crippen LogP contribution is 2.23. The first-order valence-electron chi connectivity index (χ1n) is 5.81. The molecule has 0 amide bonds. The molecular weight excluding hydrogens is 318 g/mol. The molecule has 1 fully saturated rings. The minimum Gasteiger partial charge on any atom is -0.399 e. The van der Waals surface area contributed by atoms with E-state index in [1.54, 1.807) is 18.2 Å². The van der Waals surface area contributed by atoms with Crippen LogP contribution in [0, 0.1) is 0 Å². The predicted octanol–water partition coefficient (Wildman–Crippen LogP) is 2.13. The van der Waals surface area contributed by atoms with Crippen LogP contribution >= 0.6 is 15.9 Å². The van der Waals surface area contributed by atoms with Crippen molar-refractivity contribution in [2.24, 2.45) is 0 Å². The van der Waals surface area contributed by atoms with Gasteiger partial charge in [0.25, 0.3) is 0 Å². The van der Waals surface area contributed by atoms with E-state index in [-0.39, 0.29) is 11.0 Å². The summed E-state index contributed by atoms with van der Waals surface area (Å²) in [5.74, 6) is 0.0430. The van der Waals surface area contributed by atoms with Crippen LogP contribution in [0.1, 0.15) is 18.4 Å². The van der Waals surface area contributed by atoms with Gasteiger partial charge < -0.3 is 10.5 Å². The van der Waals surface area contributed by atoms with Crippen LogP contribution in [-0.4, -0.2) is 26.9 Å². The van der Waals surface area contributed by atoms with Crippen molar-refractivity contribution in [1.29, 1.82) is 0 Å². The summed E-state index contributed by atoms with van der Waals surface area (Å²) in [7, 11) is -3.13. The molecule has 100 valence electrons. The average molecular weight is 334 g/mol. The van der Waals surface area contributed by atoms with Gasteiger partial charge >= 0.3 is 0 Å². The van der Waals surface area contributed by atoms with Gasteiger partial charge in [0.1, 0.15) is 0 Å². The molecule has 1 aromatic rings. The second-order valence-electron chi connectivity index (χ2n) is 4.51. The molecule has 6 heteroatoms. The number of halogens is 1. The number of benzene rings is 1. The van der Waals surface area contributed by atoms with Gasteiger partial charge in [0.05, 0.1) is 11.0 Å². The molecule has 1 saturated heterocycles. The first kappa shape index (κ1) is 13.8. The average Bonchev–Trinajstić information content (AvgIpc) is 2.28. The Morgan fingerprint density at radius 1 is 1.28 bits per heavy atom. The molecule has 0 bridgehead atoms. The fourth-order valence-electron chi connectivity index (χ4n) is 2.14. The number of hydrogen-bond acceptors (Lipinski definition) is 4. The van der Waals surface area contributed by atoms with Crippen LogP contribution in [0.25, 0.3) is 0 Å². The van der Waals surface area contributed by atoms with E-state index in [0.717, 1.165) is 10.0 Å². The van der Waals surface area contributed by atoms with Gasteiger partial charge in [-0.25, -0.2) is 8.42 Å². The van der Waals surface area contributed by atoms with Gasteiger partial charge in [0, 0.05) is 23.4 Å². The number of nitrogen functional groups attached to an aromatic ring is 1. The lowest BCUT2D eigenvalue weighted by atomic mass is 10.2. The van der Waals surface area contributed by atoms with Gasteiger partial charge in [-0.2, -0.15) is 0 Å². The lowest BCUT2D eigenvalue weighted by Gasteiger charge is -2.22. The molecule has 1 aliphatic rings. The van der Waals surface area contributed by atoms with E-state index in [1.165, 1.54) is 0 Å². The third kappa shape index (κ3) is 3.46. The smallest absolute Gasteiger partial charge is 0.157 e. The summed E-state index contributed by atoms with van der Waals surface area (Å²) < 4.78 is 30.5. The van der Waals surface area contributed by atoms with Crippen LogP contribution in [0.5, 0.6) is 0 Å². The van der Waals surface area contributed by atoms with E-state index in [1.807, 2.05) is 0 Å². The molecule has 1 aromatic carbocycles. The molecule has 0 atom stereocenters. The van der Waals surface area contributed by atoms with Crippen LogP contribution in [0.15, 0.2) is 22.7 Å². The standard InChI is InChI=1S/C12H16BrNO3S/c13-10-5-9(6-11(14)7-10)8-18(15,16)12-1-3-17-4-2-12/h5-7,12H,1-4,8,14H2. The highest BCUT2D eigenvalue weighted by molar-refractivity contribution is 9.10. The second kappa shape index (κ2) is 5.59. The van der Waals surface area contributed by atoms with Gasteiger partial charge in [-0.1, -0.05) is 15.9 Å². The van der Waals surface area contributed by atoms with E-state index in [2.05, 4.69) is 15.9 Å². The first-order valence-corrected chi connectivity index (χ1v) is 8.32. The number of sulfone groups is 1. The fourth-order valence-corrected chi connectivity index (χ4v) is 4.48. The largest absolute Gasteiger partial charge is 0.399 e. The summed E-state index contributed by atoms with van der Waals surface area (Å²) in [6.07, 6.45) is 1.18. The Labute approximate surface area is 116 Å². The second-order valence-corrected chi connectivity index (χ2v) is 7.71. The first-order chi connectivity index (χ1) is 8.47. The van der Waals surface area contributed by atoms with Crippen molar-refractivity contribution in [3.63, 3.8) is 0 Å². The van der Waals surface area contributed by atoms with Crippen LogP contribution in [-0.2, 0) is 20.3 Å². The highest BCUT2D eigenvalue weighted by atomic mass is 79.9. The molecule has 0 spiro atoms. The molecule has 0 aliphatic carbocycles. The molecule has 2 N–H and O–H groups in total. The third-order valence-corrected chi connectivity index (χ3v) is 5.70. The third-order valence-electron chi connectivity index (χ3n) is 3.02. The normalized spacial score (nSPS) is 17.8. The van der Waals surface area contributed by atoms with Crippen LogP contribution < -0.4 is 5.73 Å². The lowest BCUT2D eigenvalue weighted by Crippen LogP contribution is -2.29. The van der Waals surface area contributed by atoms with Gasteiger partial charge in [-0.15, -0.1) is 0 Å². The summed E-state index contributed by atoms with van der Waals surface area (Å²) in [4.78, 5) is 0. The Balaban J connectivity index is 2.16. The molecule has 0 radical (unpaired) electrons. The molecule has 0 saturated carbocycles. The Morgan fingerprint density at radius 3 is 2.56 bits per heavy atom. The SMILES string of the molecule is Nc1cc(Br)cc(CS(=O)(=O)C2CCOCC2)c1. The van der Waals surface area contributed by atoms with E-state index < -0.39 is 9.84 Å². The zero-order valence-corrected chi connectivity index (χ0v) is 12.3. The Morgan fingerprint density at radius 2 is 1.94 bits per heavy atom. The molecule has 2 rings (SSSR count). The molecule has 4 nitrogen and oxygen atoms in total. The molecule has 1 heterocycles. The Bertz CT molecular complexity index is 504. The van der Waals surface area contributed by atoms with Crippen molar-refractivity contribution >= 4 is 31.5 Å². The Kier molecular flexibility index (Phi) is 4.29. The minimum atomic E-state index is -3.13. The minimum absolute atomic E-state index is 0.0430. The van der Waals surface area contributed by atoms with E-state index in [9.17, 15) is 8.42 Å². The number of hydrogen-bond donors (Lipinski definition) is 1. The predicted molar refractivity (Wildman–Crippen MR) is 75.0 cm³/mol. The van der Waals surface area contributed by atoms with Crippen molar-refractivity contribution in [3.8, 4) is 0 Å². The maximum absolute atomic E-state index is 12.3. The maximum atomic E-state index is 12.3. The molecular formula is C12H16BrNO3S. The summed E-state index contributed by atoms with van der Waals surface area (Å²) in [6.45, 7) is 1.06. The van der Waals surface area contributed by atoms with Crippen molar-refractivity contribution in [1.82, 2.24) is 0 Å². The number of anilines is 1. The quantitative estimate of drug-likeness (QED) is 0.860. The molecule has 1 aliphatic heterocycles. The van der Waals surface area contributed by atoms with Gasteiger partial charge in [-0.05, 0) is 36.6 Å². The van der Waals surface area contributed by atoms with E-state index >= 15 is 0 Å². The van der Waals surface area contributed by atoms with Gasteiger partial charge in [0.15, 0.2) is 9.84 Å². The number of ether oxygens (including phenoxy) is 1. The van der Waals surface area contributed by atoms with Crippen molar-refractivity contribution in [3.05, 3.63) is 28.2 Å². The highest BCUT2D eigenvalue weighted by Gasteiger charge is 2.27. The van der Waals surface area contributed by atoms with Gasteiger partial charge in [-0.3, -0.25) is 0 Å². The summed E-state index contributed by atoms with van der Waals surface area (Å²) >= 11 is 3.32. The van der Waals surface area contributed by atoms with Gasteiger partial charge in [0.2, 0.25) is 0 Å². The van der Waals surface area contributed by atoms with Crippen LogP contribution in [0.4, 0.5) is 5.69 Å². The van der Waals surface area contributed by atoms with Crippen molar-refractivity contribution in [2.75, 3.05) is 18.9 Å².